The van der Waals surface area contributed by atoms with E-state index in [-0.39, 0.29) is 6.10 Å². The van der Waals surface area contributed by atoms with Crippen LogP contribution in [-0.4, -0.2) is 35.2 Å². The molecule has 0 aromatic heterocycles. The first-order chi connectivity index (χ1) is 8.29. The van der Waals surface area contributed by atoms with E-state index in [0.717, 1.165) is 12.3 Å². The zero-order valence-electron chi connectivity index (χ0n) is 12.8. The molecule has 106 valence electrons. The lowest BCUT2D eigenvalue weighted by atomic mass is 9.77. The molecular weight excluding hydrogens is 222 g/mol. The Morgan fingerprint density at radius 2 is 1.78 bits per heavy atom. The van der Waals surface area contributed by atoms with Crippen molar-refractivity contribution in [2.24, 2.45) is 23.2 Å². The molecule has 0 amide bonds. The van der Waals surface area contributed by atoms with Crippen LogP contribution in [0.2, 0.25) is 0 Å². The molecule has 1 aliphatic carbocycles. The van der Waals surface area contributed by atoms with Crippen LogP contribution in [0, 0.1) is 23.2 Å². The number of nitrogens with zero attached hydrogens (tertiary/aromatic N) is 1. The molecule has 0 aromatic carbocycles. The second kappa shape index (κ2) is 5.13. The van der Waals surface area contributed by atoms with Gasteiger partial charge in [-0.25, -0.2) is 0 Å². The van der Waals surface area contributed by atoms with Crippen molar-refractivity contribution in [1.82, 2.24) is 4.90 Å². The highest BCUT2D eigenvalue weighted by atomic mass is 16.3. The first-order valence-corrected chi connectivity index (χ1v) is 7.71. The van der Waals surface area contributed by atoms with Gasteiger partial charge in [0.05, 0.1) is 6.10 Å². The van der Waals surface area contributed by atoms with Crippen molar-refractivity contribution in [2.75, 3.05) is 13.1 Å². The molecule has 18 heavy (non-hydrogen) atoms. The van der Waals surface area contributed by atoms with Crippen LogP contribution in [0.4, 0.5) is 0 Å². The molecule has 0 aromatic rings. The van der Waals surface area contributed by atoms with E-state index in [1.165, 1.54) is 25.9 Å². The maximum absolute atomic E-state index is 10.4. The average Bonchev–Trinajstić information content (AvgIpc) is 2.64. The van der Waals surface area contributed by atoms with E-state index in [2.05, 4.69) is 39.5 Å². The van der Waals surface area contributed by atoms with Gasteiger partial charge in [0.25, 0.3) is 0 Å². The molecule has 2 rings (SSSR count). The van der Waals surface area contributed by atoms with Gasteiger partial charge >= 0.3 is 0 Å². The van der Waals surface area contributed by atoms with Crippen molar-refractivity contribution >= 4 is 0 Å². The van der Waals surface area contributed by atoms with Gasteiger partial charge in [0.15, 0.2) is 0 Å². The Morgan fingerprint density at radius 3 is 2.28 bits per heavy atom. The maximum Gasteiger partial charge on any atom is 0.0700 e. The number of rotatable bonds is 1. The predicted molar refractivity (Wildman–Crippen MR) is 76.5 cm³/mol. The summed E-state index contributed by atoms with van der Waals surface area (Å²) in [5.74, 6) is 2.12. The minimum absolute atomic E-state index is 0.109. The van der Waals surface area contributed by atoms with Gasteiger partial charge in [0.1, 0.15) is 0 Å². The van der Waals surface area contributed by atoms with Crippen LogP contribution in [0.5, 0.6) is 0 Å². The van der Waals surface area contributed by atoms with Gasteiger partial charge < -0.3 is 5.11 Å². The van der Waals surface area contributed by atoms with Crippen molar-refractivity contribution < 1.29 is 5.11 Å². The molecule has 0 spiro atoms. The molecule has 5 atom stereocenters. The summed E-state index contributed by atoms with van der Waals surface area (Å²) in [6.07, 6.45) is 3.46. The lowest BCUT2D eigenvalue weighted by Crippen LogP contribution is -2.50. The molecule has 1 saturated heterocycles. The van der Waals surface area contributed by atoms with Crippen molar-refractivity contribution in [3.8, 4) is 0 Å². The fourth-order valence-electron chi connectivity index (χ4n) is 4.17. The van der Waals surface area contributed by atoms with Gasteiger partial charge in [-0.2, -0.15) is 0 Å². The molecule has 5 unspecified atom stereocenters. The zero-order valence-corrected chi connectivity index (χ0v) is 12.8. The number of aliphatic hydroxyl groups is 1. The summed E-state index contributed by atoms with van der Waals surface area (Å²) in [5.41, 5.74) is 0.408. The smallest absolute Gasteiger partial charge is 0.0700 e. The summed E-state index contributed by atoms with van der Waals surface area (Å²) in [6.45, 7) is 14.0. The average molecular weight is 253 g/mol. The molecule has 1 N–H and O–H groups in total. The number of likely N-dealkylation sites (tertiary alicyclic amines) is 1. The van der Waals surface area contributed by atoms with Crippen molar-refractivity contribution in [3.05, 3.63) is 0 Å². The summed E-state index contributed by atoms with van der Waals surface area (Å²) in [5, 5.41) is 10.4. The zero-order chi connectivity index (χ0) is 13.5. The van der Waals surface area contributed by atoms with Crippen LogP contribution in [0.15, 0.2) is 0 Å². The summed E-state index contributed by atoms with van der Waals surface area (Å²) in [4.78, 5) is 2.58. The molecule has 2 heteroatoms. The number of hydrogen-bond donors (Lipinski definition) is 1. The highest BCUT2D eigenvalue weighted by Gasteiger charge is 2.41. The Kier molecular flexibility index (Phi) is 4.08. The molecule has 2 fully saturated rings. The van der Waals surface area contributed by atoms with Gasteiger partial charge in [-0.05, 0) is 49.0 Å². The fourth-order valence-corrected chi connectivity index (χ4v) is 4.17. The number of hydrogen-bond acceptors (Lipinski definition) is 2. The largest absolute Gasteiger partial charge is 0.391 e. The summed E-state index contributed by atoms with van der Waals surface area (Å²) >= 11 is 0. The van der Waals surface area contributed by atoms with Crippen LogP contribution >= 0.6 is 0 Å². The van der Waals surface area contributed by atoms with Crippen molar-refractivity contribution in [3.63, 3.8) is 0 Å². The first kappa shape index (κ1) is 14.3. The van der Waals surface area contributed by atoms with Gasteiger partial charge in [-0.1, -0.05) is 34.6 Å². The molecule has 1 heterocycles. The second-order valence-electron chi connectivity index (χ2n) is 7.96. The SMILES string of the molecule is CC1CC(C)C(N2CCC(C(C)(C)C)C2)C(O)C1. The fraction of sp³-hybridized carbons (Fsp3) is 1.00. The highest BCUT2D eigenvalue weighted by molar-refractivity contribution is 4.94. The Hall–Kier alpha value is -0.0800. The van der Waals surface area contributed by atoms with E-state index in [4.69, 9.17) is 0 Å². The van der Waals surface area contributed by atoms with E-state index >= 15 is 0 Å². The maximum atomic E-state index is 10.4. The van der Waals surface area contributed by atoms with E-state index < -0.39 is 0 Å². The summed E-state index contributed by atoms with van der Waals surface area (Å²) in [7, 11) is 0. The van der Waals surface area contributed by atoms with Crippen molar-refractivity contribution in [2.45, 2.75) is 66.0 Å². The molecule has 1 aliphatic heterocycles. The lowest BCUT2D eigenvalue weighted by Gasteiger charge is -2.42. The van der Waals surface area contributed by atoms with Crippen LogP contribution in [-0.2, 0) is 0 Å². The van der Waals surface area contributed by atoms with Gasteiger partial charge in [-0.15, -0.1) is 0 Å². The Morgan fingerprint density at radius 1 is 1.11 bits per heavy atom. The molecular formula is C16H31NO. The van der Waals surface area contributed by atoms with Gasteiger partial charge in [0.2, 0.25) is 0 Å². The van der Waals surface area contributed by atoms with Crippen LogP contribution < -0.4 is 0 Å². The minimum atomic E-state index is -0.109. The standard InChI is InChI=1S/C16H31NO/c1-11-8-12(2)15(14(18)9-11)17-7-6-13(10-17)16(3,4)5/h11-15,18H,6-10H2,1-5H3. The third kappa shape index (κ3) is 2.91. The Balaban J connectivity index is 2.00. The molecule has 1 saturated carbocycles. The lowest BCUT2D eigenvalue weighted by molar-refractivity contribution is -0.0183. The summed E-state index contributed by atoms with van der Waals surface area (Å²) in [6, 6.07) is 0.411. The molecule has 0 radical (unpaired) electrons. The molecule has 2 aliphatic rings. The Bertz CT molecular complexity index is 271. The second-order valence-corrected chi connectivity index (χ2v) is 7.96. The van der Waals surface area contributed by atoms with Crippen molar-refractivity contribution in [1.29, 1.82) is 0 Å². The quantitative estimate of drug-likeness (QED) is 0.776. The first-order valence-electron chi connectivity index (χ1n) is 7.71. The molecule has 2 nitrogen and oxygen atoms in total. The van der Waals surface area contributed by atoms with E-state index in [0.29, 0.717) is 23.3 Å². The van der Waals surface area contributed by atoms with Crippen LogP contribution in [0.1, 0.15) is 53.9 Å². The third-order valence-corrected chi connectivity index (χ3v) is 5.26. The van der Waals surface area contributed by atoms with E-state index in [9.17, 15) is 5.11 Å². The summed E-state index contributed by atoms with van der Waals surface area (Å²) < 4.78 is 0. The molecule has 0 bridgehead atoms. The van der Waals surface area contributed by atoms with E-state index in [1.807, 2.05) is 0 Å². The normalized spacial score (nSPS) is 43.3. The van der Waals surface area contributed by atoms with Crippen LogP contribution in [0.25, 0.3) is 0 Å². The van der Waals surface area contributed by atoms with Gasteiger partial charge in [0, 0.05) is 12.6 Å². The minimum Gasteiger partial charge on any atom is -0.391 e. The topological polar surface area (TPSA) is 23.5 Å². The van der Waals surface area contributed by atoms with Crippen LogP contribution in [0.3, 0.4) is 0 Å². The predicted octanol–water partition coefficient (Wildman–Crippen LogP) is 3.15. The third-order valence-electron chi connectivity index (χ3n) is 5.26. The number of aliphatic hydroxyl groups excluding tert-OH is 1. The van der Waals surface area contributed by atoms with E-state index in [1.54, 1.807) is 0 Å². The Labute approximate surface area is 113 Å². The monoisotopic (exact) mass is 253 g/mol. The van der Waals surface area contributed by atoms with Gasteiger partial charge in [-0.3, -0.25) is 4.90 Å². The highest BCUT2D eigenvalue weighted by Crippen LogP contribution is 2.39.